The maximum absolute atomic E-state index is 11.6. The summed E-state index contributed by atoms with van der Waals surface area (Å²) < 4.78 is 37.6. The topological polar surface area (TPSA) is 83.8 Å². The summed E-state index contributed by atoms with van der Waals surface area (Å²) >= 11 is 0. The third-order valence-electron chi connectivity index (χ3n) is 10.8. The molecule has 4 rings (SSSR count). The minimum atomic E-state index is -4.54. The molecule has 5 nitrogen and oxygen atoms in total. The monoisotopic (exact) mass is 494 g/mol. The smallest absolute Gasteiger partial charge is 0.393 e. The molecule has 3 fully saturated rings. The van der Waals surface area contributed by atoms with Crippen molar-refractivity contribution in [1.29, 1.82) is 0 Å². The fourth-order valence-electron chi connectivity index (χ4n) is 8.48. The van der Waals surface area contributed by atoms with Crippen molar-refractivity contribution in [2.24, 2.45) is 52.3 Å². The van der Waals surface area contributed by atoms with Crippen LogP contribution in [0.2, 0.25) is 0 Å². The molecule has 0 spiro atoms. The zero-order valence-corrected chi connectivity index (χ0v) is 22.8. The van der Waals surface area contributed by atoms with Crippen molar-refractivity contribution in [2.45, 2.75) is 99.0 Å². The van der Waals surface area contributed by atoms with Crippen LogP contribution in [0.5, 0.6) is 0 Å². The van der Waals surface area contributed by atoms with Gasteiger partial charge >= 0.3 is 10.4 Å². The van der Waals surface area contributed by atoms with E-state index in [1.165, 1.54) is 19.3 Å². The van der Waals surface area contributed by atoms with Crippen LogP contribution < -0.4 is 0 Å². The van der Waals surface area contributed by atoms with Crippen molar-refractivity contribution < 1.29 is 22.3 Å². The van der Waals surface area contributed by atoms with E-state index >= 15 is 0 Å². The Balaban J connectivity index is 1.59. The molecule has 0 aromatic rings. The van der Waals surface area contributed by atoms with Crippen molar-refractivity contribution in [1.82, 2.24) is 0 Å². The Kier molecular flexibility index (Phi) is 7.11. The summed E-state index contributed by atoms with van der Waals surface area (Å²) in [5, 5.41) is 10.3. The van der Waals surface area contributed by atoms with E-state index < -0.39 is 10.4 Å². The van der Waals surface area contributed by atoms with Crippen molar-refractivity contribution in [3.8, 4) is 0 Å². The molecular weight excluding hydrogens is 448 g/mol. The second-order valence-corrected chi connectivity index (χ2v) is 13.9. The van der Waals surface area contributed by atoms with Gasteiger partial charge in [0.2, 0.25) is 0 Å². The van der Waals surface area contributed by atoms with Crippen LogP contribution in [0.3, 0.4) is 0 Å². The highest BCUT2D eigenvalue weighted by molar-refractivity contribution is 7.81. The molecule has 0 radical (unpaired) electrons. The van der Waals surface area contributed by atoms with E-state index in [2.05, 4.69) is 26.8 Å². The Morgan fingerprint density at radius 3 is 2.35 bits per heavy atom. The van der Waals surface area contributed by atoms with Crippen molar-refractivity contribution >= 4 is 10.4 Å². The lowest BCUT2D eigenvalue weighted by Crippen LogP contribution is -2.49. The van der Waals surface area contributed by atoms with Crippen molar-refractivity contribution in [2.75, 3.05) is 0 Å². The molecule has 0 aromatic heterocycles. The fourth-order valence-corrected chi connectivity index (χ4v) is 8.93. The molecule has 0 aliphatic heterocycles. The molecule has 0 bridgehead atoms. The van der Waals surface area contributed by atoms with Gasteiger partial charge in [0.15, 0.2) is 0 Å². The molecule has 2 N–H and O–H groups in total. The lowest BCUT2D eigenvalue weighted by Gasteiger charge is -2.57. The Morgan fingerprint density at radius 2 is 1.71 bits per heavy atom. The predicted octanol–water partition coefficient (Wildman–Crippen LogP) is 6.56. The third kappa shape index (κ3) is 4.64. The molecule has 0 aromatic carbocycles. The van der Waals surface area contributed by atoms with Gasteiger partial charge < -0.3 is 9.29 Å². The normalized spacial score (nSPS) is 42.3. The molecule has 9 atom stereocenters. The summed E-state index contributed by atoms with van der Waals surface area (Å²) in [5.74, 6) is 2.94. The Hall–Kier alpha value is -0.850. The second kappa shape index (κ2) is 9.23. The Morgan fingerprint density at radius 1 is 1.06 bits per heavy atom. The number of rotatable bonds is 6. The van der Waals surface area contributed by atoms with Crippen LogP contribution in [0.4, 0.5) is 0 Å². The first kappa shape index (κ1) is 26.2. The van der Waals surface area contributed by atoms with Gasteiger partial charge in [-0.05, 0) is 104 Å². The van der Waals surface area contributed by atoms with Crippen LogP contribution in [0.25, 0.3) is 0 Å². The summed E-state index contributed by atoms with van der Waals surface area (Å²) in [6, 6.07) is 0. The quantitative estimate of drug-likeness (QED) is 0.248. The standard InChI is InChI=1S/C28H46O5S/c1-17(2)19(4)26(33-34(30,31)32)15-18(3)23-9-10-24-22-8-7-20-16-21(29)11-13-27(20,5)25(22)12-14-28(23,24)6/h8,15,17-21,23-25,29H,7,9-14,16H2,1-6H3,(H,30,31,32). The zero-order chi connectivity index (χ0) is 25.1. The van der Waals surface area contributed by atoms with Gasteiger partial charge in [-0.1, -0.05) is 53.2 Å². The van der Waals surface area contributed by atoms with Gasteiger partial charge in [-0.25, -0.2) is 0 Å². The molecule has 34 heavy (non-hydrogen) atoms. The molecule has 0 saturated heterocycles. The zero-order valence-electron chi connectivity index (χ0n) is 22.0. The maximum atomic E-state index is 11.6. The van der Waals surface area contributed by atoms with Crippen molar-refractivity contribution in [3.63, 3.8) is 0 Å². The minimum Gasteiger partial charge on any atom is -0.393 e. The highest BCUT2D eigenvalue weighted by atomic mass is 32.3. The first-order valence-corrected chi connectivity index (χ1v) is 14.9. The summed E-state index contributed by atoms with van der Waals surface area (Å²) in [6.07, 6.45) is 13.3. The lowest BCUT2D eigenvalue weighted by atomic mass is 9.47. The Labute approximate surface area is 207 Å². The van der Waals surface area contributed by atoms with Crippen LogP contribution in [0.15, 0.2) is 23.5 Å². The van der Waals surface area contributed by atoms with Crippen molar-refractivity contribution in [3.05, 3.63) is 23.5 Å². The van der Waals surface area contributed by atoms with Crippen LogP contribution in [-0.2, 0) is 14.6 Å². The van der Waals surface area contributed by atoms with E-state index in [-0.39, 0.29) is 29.3 Å². The van der Waals surface area contributed by atoms with Gasteiger partial charge in [-0.2, -0.15) is 8.42 Å². The van der Waals surface area contributed by atoms with Crippen LogP contribution >= 0.6 is 0 Å². The number of hydrogen-bond donors (Lipinski definition) is 2. The number of fused-ring (bicyclic) bond motifs is 5. The average molecular weight is 495 g/mol. The summed E-state index contributed by atoms with van der Waals surface area (Å²) in [4.78, 5) is 0. The number of aliphatic hydroxyl groups excluding tert-OH is 1. The molecule has 4 aliphatic rings. The lowest BCUT2D eigenvalue weighted by molar-refractivity contribution is -0.0415. The summed E-state index contributed by atoms with van der Waals surface area (Å²) in [5.41, 5.74) is 2.20. The SMILES string of the molecule is CC(C)C(C)C(=CC(C)C1CCC2C3=CCC4CC(O)CCC4(C)C3CCC21C)OS(=O)(=O)O. The average Bonchev–Trinajstić information content (AvgIpc) is 3.09. The van der Waals surface area contributed by atoms with E-state index in [9.17, 15) is 18.1 Å². The van der Waals surface area contributed by atoms with E-state index in [0.29, 0.717) is 34.8 Å². The van der Waals surface area contributed by atoms with Gasteiger partial charge in [0, 0.05) is 5.92 Å². The van der Waals surface area contributed by atoms with Crippen LogP contribution in [0, 0.1) is 52.3 Å². The molecular formula is C28H46O5S. The highest BCUT2D eigenvalue weighted by Crippen LogP contribution is 2.66. The molecule has 0 heterocycles. The van der Waals surface area contributed by atoms with Gasteiger partial charge in [-0.3, -0.25) is 4.55 Å². The highest BCUT2D eigenvalue weighted by Gasteiger charge is 2.58. The molecule has 194 valence electrons. The third-order valence-corrected chi connectivity index (χ3v) is 11.2. The number of allylic oxidation sites excluding steroid dienone is 4. The van der Waals surface area contributed by atoms with E-state index in [0.717, 1.165) is 32.1 Å². The first-order chi connectivity index (χ1) is 15.8. The maximum Gasteiger partial charge on any atom is 0.446 e. The number of hydrogen-bond acceptors (Lipinski definition) is 4. The summed E-state index contributed by atoms with van der Waals surface area (Å²) in [6.45, 7) is 13.2. The van der Waals surface area contributed by atoms with E-state index in [1.807, 2.05) is 26.8 Å². The van der Waals surface area contributed by atoms with E-state index in [1.54, 1.807) is 5.57 Å². The molecule has 0 amide bonds. The first-order valence-electron chi connectivity index (χ1n) is 13.5. The van der Waals surface area contributed by atoms with Gasteiger partial charge in [-0.15, -0.1) is 0 Å². The van der Waals surface area contributed by atoms with E-state index in [4.69, 9.17) is 4.18 Å². The van der Waals surface area contributed by atoms with Gasteiger partial charge in [0.25, 0.3) is 0 Å². The Bertz CT molecular complexity index is 936. The number of aliphatic hydroxyl groups is 1. The van der Waals surface area contributed by atoms with Crippen LogP contribution in [0.1, 0.15) is 92.9 Å². The minimum absolute atomic E-state index is 0.0929. The predicted molar refractivity (Wildman–Crippen MR) is 135 cm³/mol. The second-order valence-electron chi connectivity index (χ2n) is 12.9. The van der Waals surface area contributed by atoms with Gasteiger partial charge in [0.05, 0.1) is 6.10 Å². The largest absolute Gasteiger partial charge is 0.446 e. The molecule has 6 heteroatoms. The van der Waals surface area contributed by atoms with Gasteiger partial charge in [0.1, 0.15) is 5.76 Å². The van der Waals surface area contributed by atoms with Crippen LogP contribution in [-0.4, -0.2) is 24.2 Å². The molecule has 9 unspecified atom stereocenters. The molecule has 4 aliphatic carbocycles. The molecule has 3 saturated carbocycles. The fraction of sp³-hybridized carbons (Fsp3) is 0.857. The summed E-state index contributed by atoms with van der Waals surface area (Å²) in [7, 11) is -4.54.